The number of nitrogens with zero attached hydrogens (tertiary/aromatic N) is 1. The summed E-state index contributed by atoms with van der Waals surface area (Å²) in [6.45, 7) is 2.47. The van der Waals surface area contributed by atoms with E-state index in [4.69, 9.17) is 16.7 Å². The first-order valence-corrected chi connectivity index (χ1v) is 4.76. The third kappa shape index (κ3) is 3.24. The second-order valence-corrected chi connectivity index (χ2v) is 3.80. The summed E-state index contributed by atoms with van der Waals surface area (Å²) in [7, 11) is 0. The Kier molecular flexibility index (Phi) is 3.57. The highest BCUT2D eigenvalue weighted by atomic mass is 16.3. The van der Waals surface area contributed by atoms with Gasteiger partial charge in [-0.25, -0.2) is 5.84 Å². The van der Waals surface area contributed by atoms with Gasteiger partial charge in [0, 0.05) is 12.7 Å². The van der Waals surface area contributed by atoms with E-state index in [1.165, 1.54) is 19.3 Å². The van der Waals surface area contributed by atoms with Crippen molar-refractivity contribution in [2.45, 2.75) is 32.3 Å². The second-order valence-electron chi connectivity index (χ2n) is 3.80. The molecule has 1 atom stereocenters. The molecule has 0 aromatic carbocycles. The van der Waals surface area contributed by atoms with Gasteiger partial charge in [-0.1, -0.05) is 6.42 Å². The van der Waals surface area contributed by atoms with Gasteiger partial charge in [0.15, 0.2) is 0 Å². The normalized spacial score (nSPS) is 21.0. The number of hydrazine groups is 1. The molecule has 5 N–H and O–H groups in total. The van der Waals surface area contributed by atoms with Gasteiger partial charge in [-0.15, -0.1) is 0 Å². The lowest BCUT2D eigenvalue weighted by molar-refractivity contribution is 0.208. The van der Waals surface area contributed by atoms with E-state index in [1.807, 2.05) is 0 Å². The Bertz CT molecular complexity index is 187. The SMILES string of the molecule is CC(O)/C(N)=C/N(N)CC1CCC1. The van der Waals surface area contributed by atoms with Crippen molar-refractivity contribution in [1.29, 1.82) is 0 Å². The Balaban J connectivity index is 2.29. The predicted octanol–water partition coefficient (Wildman–Crippen LogP) is 0.143. The monoisotopic (exact) mass is 185 g/mol. The zero-order chi connectivity index (χ0) is 9.84. The van der Waals surface area contributed by atoms with E-state index < -0.39 is 6.10 Å². The average Bonchev–Trinajstić information content (AvgIpc) is 1.96. The van der Waals surface area contributed by atoms with E-state index in [0.29, 0.717) is 11.6 Å². The van der Waals surface area contributed by atoms with Crippen LogP contribution in [-0.4, -0.2) is 22.8 Å². The Labute approximate surface area is 79.2 Å². The van der Waals surface area contributed by atoms with Crippen LogP contribution in [0.3, 0.4) is 0 Å². The van der Waals surface area contributed by atoms with Crippen molar-refractivity contribution < 1.29 is 5.11 Å². The molecule has 13 heavy (non-hydrogen) atoms. The van der Waals surface area contributed by atoms with Crippen LogP contribution in [0.25, 0.3) is 0 Å². The second kappa shape index (κ2) is 4.48. The van der Waals surface area contributed by atoms with Gasteiger partial charge >= 0.3 is 0 Å². The molecule has 0 heterocycles. The van der Waals surface area contributed by atoms with Gasteiger partial charge in [0.25, 0.3) is 0 Å². The zero-order valence-electron chi connectivity index (χ0n) is 8.11. The third-order valence-corrected chi connectivity index (χ3v) is 2.49. The number of hydrogen-bond acceptors (Lipinski definition) is 4. The first-order valence-electron chi connectivity index (χ1n) is 4.76. The molecule has 0 spiro atoms. The largest absolute Gasteiger partial charge is 0.399 e. The number of aliphatic hydroxyl groups excluding tert-OH is 1. The minimum Gasteiger partial charge on any atom is -0.399 e. The van der Waals surface area contributed by atoms with Crippen molar-refractivity contribution in [3.05, 3.63) is 11.9 Å². The topological polar surface area (TPSA) is 75.5 Å². The Morgan fingerprint density at radius 1 is 1.69 bits per heavy atom. The van der Waals surface area contributed by atoms with Crippen LogP contribution in [-0.2, 0) is 0 Å². The number of aliphatic hydroxyl groups is 1. The molecule has 0 aliphatic heterocycles. The summed E-state index contributed by atoms with van der Waals surface area (Å²) in [6, 6.07) is 0. The van der Waals surface area contributed by atoms with Crippen molar-refractivity contribution in [2.24, 2.45) is 17.5 Å². The molecular formula is C9H19N3O. The highest BCUT2D eigenvalue weighted by molar-refractivity contribution is 5.00. The van der Waals surface area contributed by atoms with Crippen LogP contribution in [0.15, 0.2) is 11.9 Å². The summed E-state index contributed by atoms with van der Waals surface area (Å²) in [5.41, 5.74) is 5.96. The van der Waals surface area contributed by atoms with Crippen LogP contribution >= 0.6 is 0 Å². The lowest BCUT2D eigenvalue weighted by Crippen LogP contribution is -2.35. The Hall–Kier alpha value is -0.740. The molecule has 4 heteroatoms. The molecule has 0 saturated heterocycles. The standard InChI is InChI=1S/C9H19N3O/c1-7(13)9(10)6-12(11)5-8-3-2-4-8/h6-8,13H,2-5,10-11H2,1H3/b9-6-. The maximum Gasteiger partial charge on any atom is 0.0919 e. The van der Waals surface area contributed by atoms with Gasteiger partial charge in [-0.3, -0.25) is 0 Å². The fourth-order valence-electron chi connectivity index (χ4n) is 1.33. The predicted molar refractivity (Wildman–Crippen MR) is 52.2 cm³/mol. The average molecular weight is 185 g/mol. The van der Waals surface area contributed by atoms with E-state index in [9.17, 15) is 0 Å². The molecule has 1 rings (SSSR count). The van der Waals surface area contributed by atoms with E-state index in [0.717, 1.165) is 6.54 Å². The maximum atomic E-state index is 9.10. The highest BCUT2D eigenvalue weighted by Crippen LogP contribution is 2.26. The van der Waals surface area contributed by atoms with Crippen molar-refractivity contribution in [3.8, 4) is 0 Å². The van der Waals surface area contributed by atoms with E-state index in [2.05, 4.69) is 0 Å². The molecule has 1 unspecified atom stereocenters. The van der Waals surface area contributed by atoms with Crippen LogP contribution < -0.4 is 11.6 Å². The molecule has 0 bridgehead atoms. The Morgan fingerprint density at radius 2 is 2.31 bits per heavy atom. The van der Waals surface area contributed by atoms with Gasteiger partial charge < -0.3 is 15.8 Å². The van der Waals surface area contributed by atoms with Gasteiger partial charge in [-0.05, 0) is 25.7 Å². The quantitative estimate of drug-likeness (QED) is 0.430. The number of rotatable bonds is 4. The first kappa shape index (κ1) is 10.3. The molecule has 1 aliphatic rings. The van der Waals surface area contributed by atoms with Crippen LogP contribution in [0.2, 0.25) is 0 Å². The molecule has 76 valence electrons. The minimum atomic E-state index is -0.618. The van der Waals surface area contributed by atoms with E-state index >= 15 is 0 Å². The third-order valence-electron chi connectivity index (χ3n) is 2.49. The van der Waals surface area contributed by atoms with Crippen molar-refractivity contribution >= 4 is 0 Å². The summed E-state index contributed by atoms with van der Waals surface area (Å²) in [5.74, 6) is 6.40. The highest BCUT2D eigenvalue weighted by Gasteiger charge is 2.18. The Morgan fingerprint density at radius 3 is 2.69 bits per heavy atom. The maximum absolute atomic E-state index is 9.10. The van der Waals surface area contributed by atoms with Gasteiger partial charge in [0.05, 0.1) is 11.8 Å². The molecule has 0 aromatic heterocycles. The van der Waals surface area contributed by atoms with Crippen molar-refractivity contribution in [2.75, 3.05) is 6.54 Å². The fourth-order valence-corrected chi connectivity index (χ4v) is 1.33. The van der Waals surface area contributed by atoms with Gasteiger partial charge in [-0.2, -0.15) is 0 Å². The molecule has 4 nitrogen and oxygen atoms in total. The summed E-state index contributed by atoms with van der Waals surface area (Å²) in [6.07, 6.45) is 4.83. The molecular weight excluding hydrogens is 166 g/mol. The molecule has 1 aliphatic carbocycles. The van der Waals surface area contributed by atoms with Crippen molar-refractivity contribution in [3.63, 3.8) is 0 Å². The van der Waals surface area contributed by atoms with Crippen LogP contribution in [0, 0.1) is 5.92 Å². The van der Waals surface area contributed by atoms with Crippen molar-refractivity contribution in [1.82, 2.24) is 5.01 Å². The minimum absolute atomic E-state index is 0.418. The number of hydrogen-bond donors (Lipinski definition) is 3. The molecule has 0 radical (unpaired) electrons. The van der Waals surface area contributed by atoms with Gasteiger partial charge in [0.1, 0.15) is 0 Å². The van der Waals surface area contributed by atoms with Crippen LogP contribution in [0.1, 0.15) is 26.2 Å². The number of nitrogens with two attached hydrogens (primary N) is 2. The summed E-state index contributed by atoms with van der Waals surface area (Å²) in [4.78, 5) is 0. The van der Waals surface area contributed by atoms with E-state index in [1.54, 1.807) is 18.1 Å². The van der Waals surface area contributed by atoms with Gasteiger partial charge in [0.2, 0.25) is 0 Å². The lowest BCUT2D eigenvalue weighted by Gasteiger charge is -2.29. The molecule has 1 fully saturated rings. The molecule has 1 saturated carbocycles. The molecule has 0 amide bonds. The smallest absolute Gasteiger partial charge is 0.0919 e. The lowest BCUT2D eigenvalue weighted by atomic mass is 9.85. The van der Waals surface area contributed by atoms with Crippen LogP contribution in [0.5, 0.6) is 0 Å². The van der Waals surface area contributed by atoms with E-state index in [-0.39, 0.29) is 0 Å². The summed E-state index contributed by atoms with van der Waals surface area (Å²) < 4.78 is 0. The summed E-state index contributed by atoms with van der Waals surface area (Å²) in [5, 5.41) is 10.7. The first-order chi connectivity index (χ1) is 6.09. The zero-order valence-corrected chi connectivity index (χ0v) is 8.11. The fraction of sp³-hybridized carbons (Fsp3) is 0.778. The summed E-state index contributed by atoms with van der Waals surface area (Å²) >= 11 is 0. The molecule has 0 aromatic rings. The van der Waals surface area contributed by atoms with Crippen LogP contribution in [0.4, 0.5) is 0 Å².